The van der Waals surface area contributed by atoms with Crippen molar-refractivity contribution in [1.29, 1.82) is 0 Å². The van der Waals surface area contributed by atoms with Gasteiger partial charge in [-0.1, -0.05) is 30.3 Å². The Kier molecular flexibility index (Phi) is 5.93. The Morgan fingerprint density at radius 2 is 1.03 bits per heavy atom. The number of phenols is 2. The predicted molar refractivity (Wildman–Crippen MR) is 154 cm³/mol. The number of ether oxygens (including phenoxy) is 2. The number of H-pyrrole nitrogens is 1. The van der Waals surface area contributed by atoms with Gasteiger partial charge in [0, 0.05) is 28.6 Å². The molecule has 0 aliphatic carbocycles. The van der Waals surface area contributed by atoms with Gasteiger partial charge in [-0.15, -0.1) is 0 Å². The van der Waals surface area contributed by atoms with Crippen LogP contribution in [0, 0.1) is 0 Å². The highest BCUT2D eigenvalue weighted by Crippen LogP contribution is 2.40. The molecule has 0 atom stereocenters. The third kappa shape index (κ3) is 4.76. The van der Waals surface area contributed by atoms with Crippen LogP contribution in [0.1, 0.15) is 0 Å². The summed E-state index contributed by atoms with van der Waals surface area (Å²) < 4.78 is 11.8. The van der Waals surface area contributed by atoms with Gasteiger partial charge < -0.3 is 36.1 Å². The first-order chi connectivity index (χ1) is 18.9. The number of benzene rings is 5. The third-order valence-electron chi connectivity index (χ3n) is 6.46. The summed E-state index contributed by atoms with van der Waals surface area (Å²) in [5.74, 6) is 2.44. The monoisotopic (exact) mass is 515 g/mol. The molecule has 0 amide bonds. The van der Waals surface area contributed by atoms with Crippen molar-refractivity contribution < 1.29 is 19.7 Å². The lowest BCUT2D eigenvalue weighted by Gasteiger charge is -2.11. The second-order valence-corrected chi connectivity index (χ2v) is 9.11. The van der Waals surface area contributed by atoms with Crippen LogP contribution >= 0.6 is 0 Å². The molecule has 7 N–H and O–H groups in total. The molecular weight excluding hydrogens is 490 g/mol. The van der Waals surface area contributed by atoms with Gasteiger partial charge in [0.05, 0.1) is 17.1 Å². The third-order valence-corrected chi connectivity index (χ3v) is 6.46. The maximum Gasteiger partial charge on any atom is 0.138 e. The van der Waals surface area contributed by atoms with Gasteiger partial charge in [-0.2, -0.15) is 0 Å². The predicted octanol–water partition coefficient (Wildman–Crippen LogP) is 7.66. The first-order valence-electron chi connectivity index (χ1n) is 12.3. The number of para-hydroxylation sites is 1. The van der Waals surface area contributed by atoms with Gasteiger partial charge in [0.15, 0.2) is 0 Å². The van der Waals surface area contributed by atoms with Crippen molar-refractivity contribution in [3.05, 3.63) is 109 Å². The Balaban J connectivity index is 1.31. The molecule has 6 rings (SSSR count). The zero-order valence-corrected chi connectivity index (χ0v) is 20.8. The molecule has 0 saturated heterocycles. The minimum Gasteiger partial charge on any atom is -0.506 e. The molecule has 0 radical (unpaired) electrons. The van der Waals surface area contributed by atoms with Crippen molar-refractivity contribution in [1.82, 2.24) is 4.98 Å². The minimum absolute atomic E-state index is 0.0219. The van der Waals surface area contributed by atoms with Gasteiger partial charge in [-0.3, -0.25) is 0 Å². The van der Waals surface area contributed by atoms with Crippen molar-refractivity contribution in [2.75, 3.05) is 11.5 Å². The SMILES string of the molecule is Nc1cc(Oc2ccc(-c3[nH]c4ccccc4c3-c3ccc(Oc4ccc(O)c(N)c4)cc3)cc2)ccc1O. The fraction of sp³-hybridized carbons (Fsp3) is 0. The lowest BCUT2D eigenvalue weighted by atomic mass is 9.98. The molecule has 1 aromatic heterocycles. The molecule has 0 aliphatic rings. The fourth-order valence-corrected chi connectivity index (χ4v) is 4.50. The highest BCUT2D eigenvalue weighted by Gasteiger charge is 2.15. The topological polar surface area (TPSA) is 127 Å². The molecule has 39 heavy (non-hydrogen) atoms. The van der Waals surface area contributed by atoms with Crippen LogP contribution < -0.4 is 20.9 Å². The van der Waals surface area contributed by atoms with Crippen molar-refractivity contribution in [3.63, 3.8) is 0 Å². The molecule has 192 valence electrons. The van der Waals surface area contributed by atoms with Crippen LogP contribution in [0.5, 0.6) is 34.5 Å². The smallest absolute Gasteiger partial charge is 0.138 e. The number of rotatable bonds is 6. The summed E-state index contributed by atoms with van der Waals surface area (Å²) in [6.07, 6.45) is 0. The number of aromatic nitrogens is 1. The molecular formula is C32H25N3O4. The Labute approximate surface area is 224 Å². The van der Waals surface area contributed by atoms with Gasteiger partial charge in [-0.25, -0.2) is 0 Å². The van der Waals surface area contributed by atoms with Gasteiger partial charge >= 0.3 is 0 Å². The zero-order valence-electron chi connectivity index (χ0n) is 20.8. The molecule has 0 unspecified atom stereocenters. The van der Waals surface area contributed by atoms with E-state index < -0.39 is 0 Å². The second kappa shape index (κ2) is 9.72. The van der Waals surface area contributed by atoms with Crippen molar-refractivity contribution >= 4 is 22.3 Å². The van der Waals surface area contributed by atoms with Gasteiger partial charge in [0.2, 0.25) is 0 Å². The number of fused-ring (bicyclic) bond motifs is 1. The lowest BCUT2D eigenvalue weighted by molar-refractivity contribution is 0.467. The number of aromatic hydroxyl groups is 2. The van der Waals surface area contributed by atoms with E-state index in [1.165, 1.54) is 12.1 Å². The number of aromatic amines is 1. The lowest BCUT2D eigenvalue weighted by Crippen LogP contribution is -1.90. The van der Waals surface area contributed by atoms with E-state index in [2.05, 4.69) is 17.1 Å². The summed E-state index contributed by atoms with van der Waals surface area (Å²) in [7, 11) is 0. The van der Waals surface area contributed by atoms with Crippen LogP contribution in [0.25, 0.3) is 33.3 Å². The summed E-state index contributed by atoms with van der Waals surface area (Å²) >= 11 is 0. The molecule has 1 heterocycles. The number of nitrogens with one attached hydrogen (secondary N) is 1. The van der Waals surface area contributed by atoms with E-state index >= 15 is 0 Å². The number of hydrogen-bond donors (Lipinski definition) is 5. The Hall–Kier alpha value is -5.56. The van der Waals surface area contributed by atoms with Gasteiger partial charge in [0.1, 0.15) is 34.5 Å². The van der Waals surface area contributed by atoms with Crippen LogP contribution in [-0.2, 0) is 0 Å². The first-order valence-corrected chi connectivity index (χ1v) is 12.3. The average molecular weight is 516 g/mol. The molecule has 0 saturated carbocycles. The zero-order chi connectivity index (χ0) is 26.9. The Morgan fingerprint density at radius 3 is 1.56 bits per heavy atom. The van der Waals surface area contributed by atoms with Crippen LogP contribution in [0.3, 0.4) is 0 Å². The van der Waals surface area contributed by atoms with Crippen molar-refractivity contribution in [3.8, 4) is 56.9 Å². The van der Waals surface area contributed by atoms with E-state index in [-0.39, 0.29) is 22.9 Å². The molecule has 6 aromatic rings. The summed E-state index contributed by atoms with van der Waals surface area (Å²) in [6, 6.07) is 33.4. The Bertz CT molecular complexity index is 1790. The van der Waals surface area contributed by atoms with Crippen LogP contribution in [0.2, 0.25) is 0 Å². The standard InChI is InChI=1S/C32H25N3O4/c33-26-17-23(13-15-29(26)36)38-21-9-5-19(6-10-21)31-25-3-1-2-4-28(25)35-32(31)20-7-11-22(12-8-20)39-24-14-16-30(37)27(34)18-24/h1-18,35-37H,33-34H2. The van der Waals surface area contributed by atoms with E-state index in [1.807, 2.05) is 60.7 Å². The maximum atomic E-state index is 9.66. The van der Waals surface area contributed by atoms with Crippen molar-refractivity contribution in [2.24, 2.45) is 0 Å². The van der Waals surface area contributed by atoms with E-state index in [0.29, 0.717) is 23.0 Å². The second-order valence-electron chi connectivity index (χ2n) is 9.11. The molecule has 0 fully saturated rings. The summed E-state index contributed by atoms with van der Waals surface area (Å²) in [4.78, 5) is 3.57. The minimum atomic E-state index is 0.0219. The molecule has 0 spiro atoms. The normalized spacial score (nSPS) is 11.0. The summed E-state index contributed by atoms with van der Waals surface area (Å²) in [5, 5.41) is 20.4. The number of anilines is 2. The number of nitrogen functional groups attached to an aromatic ring is 2. The quantitative estimate of drug-likeness (QED) is 0.114. The summed E-state index contributed by atoms with van der Waals surface area (Å²) in [6.45, 7) is 0. The number of hydrogen-bond acceptors (Lipinski definition) is 6. The van der Waals surface area contributed by atoms with Crippen LogP contribution in [0.4, 0.5) is 11.4 Å². The van der Waals surface area contributed by atoms with E-state index in [9.17, 15) is 10.2 Å². The number of nitrogens with two attached hydrogens (primary N) is 2. The largest absolute Gasteiger partial charge is 0.506 e. The van der Waals surface area contributed by atoms with Gasteiger partial charge in [-0.05, 0) is 77.9 Å². The van der Waals surface area contributed by atoms with E-state index in [4.69, 9.17) is 20.9 Å². The molecule has 5 aromatic carbocycles. The molecule has 7 nitrogen and oxygen atoms in total. The molecule has 0 bridgehead atoms. The maximum absolute atomic E-state index is 9.66. The van der Waals surface area contributed by atoms with Crippen LogP contribution in [0.15, 0.2) is 109 Å². The average Bonchev–Trinajstić information content (AvgIpc) is 3.33. The van der Waals surface area contributed by atoms with Gasteiger partial charge in [0.25, 0.3) is 0 Å². The highest BCUT2D eigenvalue weighted by molar-refractivity contribution is 6.03. The fourth-order valence-electron chi connectivity index (χ4n) is 4.50. The first kappa shape index (κ1) is 23.8. The number of phenolic OH excluding ortho intramolecular Hbond substituents is 2. The van der Waals surface area contributed by atoms with Crippen LogP contribution in [-0.4, -0.2) is 15.2 Å². The highest BCUT2D eigenvalue weighted by atomic mass is 16.5. The van der Waals surface area contributed by atoms with E-state index in [0.717, 1.165) is 33.3 Å². The molecule has 7 heteroatoms. The Morgan fingerprint density at radius 1 is 0.538 bits per heavy atom. The van der Waals surface area contributed by atoms with Crippen molar-refractivity contribution in [2.45, 2.75) is 0 Å². The molecule has 0 aliphatic heterocycles. The van der Waals surface area contributed by atoms with E-state index in [1.54, 1.807) is 24.3 Å². The summed E-state index contributed by atoms with van der Waals surface area (Å²) in [5.41, 5.74) is 17.2.